The molecule has 0 saturated carbocycles. The molecule has 4 nitrogen and oxygen atoms in total. The van der Waals surface area contributed by atoms with Crippen LogP contribution in [0.2, 0.25) is 0 Å². The summed E-state index contributed by atoms with van der Waals surface area (Å²) in [5.74, 6) is -0.927. The number of aliphatic hydroxyl groups is 2. The Balaban J connectivity index is 2.20. The lowest BCUT2D eigenvalue weighted by Crippen LogP contribution is -2.47. The van der Waals surface area contributed by atoms with Crippen molar-refractivity contribution in [3.63, 3.8) is 0 Å². The maximum absolute atomic E-state index is 12.6. The lowest BCUT2D eigenvalue weighted by atomic mass is 9.76. The van der Waals surface area contributed by atoms with Gasteiger partial charge in [0.1, 0.15) is 5.41 Å². The van der Waals surface area contributed by atoms with E-state index >= 15 is 0 Å². The van der Waals surface area contributed by atoms with Crippen LogP contribution in [0.25, 0.3) is 0 Å². The van der Waals surface area contributed by atoms with Gasteiger partial charge in [0.25, 0.3) is 0 Å². The van der Waals surface area contributed by atoms with Crippen LogP contribution in [0.4, 0.5) is 0 Å². The van der Waals surface area contributed by atoms with Crippen molar-refractivity contribution in [1.29, 1.82) is 0 Å². The predicted octanol–water partition coefficient (Wildman–Crippen LogP) is 1.58. The number of aliphatic hydroxyl groups excluding tert-OH is 2. The summed E-state index contributed by atoms with van der Waals surface area (Å²) in [4.78, 5) is 25.2. The van der Waals surface area contributed by atoms with Gasteiger partial charge in [0, 0.05) is 12.8 Å². The van der Waals surface area contributed by atoms with Gasteiger partial charge in [-0.1, -0.05) is 60.7 Å². The molecule has 23 heavy (non-hydrogen) atoms. The van der Waals surface area contributed by atoms with Crippen LogP contribution in [0.5, 0.6) is 0 Å². The van der Waals surface area contributed by atoms with E-state index in [2.05, 4.69) is 0 Å². The highest BCUT2D eigenvalue weighted by atomic mass is 16.3. The van der Waals surface area contributed by atoms with Gasteiger partial charge in [0.05, 0.1) is 13.2 Å². The Morgan fingerprint density at radius 2 is 1.04 bits per heavy atom. The predicted molar refractivity (Wildman–Crippen MR) is 86.9 cm³/mol. The third-order valence-corrected chi connectivity index (χ3v) is 4.02. The molecule has 0 saturated heterocycles. The Kier molecular flexibility index (Phi) is 5.79. The molecule has 2 rings (SSSR count). The summed E-state index contributed by atoms with van der Waals surface area (Å²) in [6.07, 6.45) is 0.00494. The first-order chi connectivity index (χ1) is 11.1. The molecule has 120 valence electrons. The summed E-state index contributed by atoms with van der Waals surface area (Å²) in [5.41, 5.74) is -0.265. The first-order valence-corrected chi connectivity index (χ1v) is 7.48. The Hall–Kier alpha value is -2.30. The van der Waals surface area contributed by atoms with Crippen molar-refractivity contribution in [3.05, 3.63) is 71.8 Å². The van der Waals surface area contributed by atoms with E-state index in [0.29, 0.717) is 0 Å². The number of ketones is 2. The monoisotopic (exact) mass is 312 g/mol. The van der Waals surface area contributed by atoms with Gasteiger partial charge in [-0.05, 0) is 11.1 Å². The van der Waals surface area contributed by atoms with Crippen LogP contribution >= 0.6 is 0 Å². The van der Waals surface area contributed by atoms with Gasteiger partial charge < -0.3 is 10.2 Å². The minimum Gasteiger partial charge on any atom is -0.395 e. The standard InChI is InChI=1S/C19H20O4/c20-13-19(14-21,17(22)11-15-7-3-1-4-8-15)18(23)12-16-9-5-2-6-10-16/h1-10,20-21H,11-14H2. The second-order valence-corrected chi connectivity index (χ2v) is 5.57. The van der Waals surface area contributed by atoms with Gasteiger partial charge in [-0.2, -0.15) is 0 Å². The number of hydrogen-bond donors (Lipinski definition) is 2. The van der Waals surface area contributed by atoms with E-state index < -0.39 is 30.2 Å². The normalized spacial score (nSPS) is 11.2. The number of hydrogen-bond acceptors (Lipinski definition) is 4. The lowest BCUT2D eigenvalue weighted by Gasteiger charge is -2.27. The van der Waals surface area contributed by atoms with Crippen molar-refractivity contribution >= 4 is 11.6 Å². The van der Waals surface area contributed by atoms with Crippen molar-refractivity contribution in [2.75, 3.05) is 13.2 Å². The fourth-order valence-electron chi connectivity index (χ4n) is 2.46. The van der Waals surface area contributed by atoms with Gasteiger partial charge in [-0.25, -0.2) is 0 Å². The van der Waals surface area contributed by atoms with Crippen molar-refractivity contribution < 1.29 is 19.8 Å². The van der Waals surface area contributed by atoms with E-state index in [1.165, 1.54) is 0 Å². The third-order valence-electron chi connectivity index (χ3n) is 4.02. The van der Waals surface area contributed by atoms with E-state index in [1.54, 1.807) is 48.5 Å². The second-order valence-electron chi connectivity index (χ2n) is 5.57. The average molecular weight is 312 g/mol. The van der Waals surface area contributed by atoms with Crippen LogP contribution in [0.3, 0.4) is 0 Å². The van der Waals surface area contributed by atoms with Crippen molar-refractivity contribution in [2.24, 2.45) is 5.41 Å². The van der Waals surface area contributed by atoms with Crippen molar-refractivity contribution in [3.8, 4) is 0 Å². The highest BCUT2D eigenvalue weighted by molar-refractivity contribution is 6.08. The number of carbonyl (C=O) groups is 2. The molecule has 0 bridgehead atoms. The SMILES string of the molecule is O=C(Cc1ccccc1)C(CO)(CO)C(=O)Cc1ccccc1. The molecule has 0 aromatic heterocycles. The van der Waals surface area contributed by atoms with E-state index in [9.17, 15) is 19.8 Å². The Morgan fingerprint density at radius 3 is 1.35 bits per heavy atom. The largest absolute Gasteiger partial charge is 0.395 e. The zero-order chi connectivity index (χ0) is 16.7. The molecule has 0 unspecified atom stereocenters. The number of carbonyl (C=O) groups excluding carboxylic acids is 2. The maximum Gasteiger partial charge on any atom is 0.155 e. The summed E-state index contributed by atoms with van der Waals surface area (Å²) in [6, 6.07) is 18.0. The second kappa shape index (κ2) is 7.81. The molecule has 2 N–H and O–H groups in total. The minimum absolute atomic E-state index is 0.00247. The fourth-order valence-corrected chi connectivity index (χ4v) is 2.46. The van der Waals surface area contributed by atoms with Gasteiger partial charge >= 0.3 is 0 Å². The fraction of sp³-hybridized carbons (Fsp3) is 0.263. The molecule has 0 radical (unpaired) electrons. The minimum atomic E-state index is -1.76. The number of rotatable bonds is 8. The van der Waals surface area contributed by atoms with Crippen LogP contribution in [0.15, 0.2) is 60.7 Å². The first-order valence-electron chi connectivity index (χ1n) is 7.48. The van der Waals surface area contributed by atoms with E-state index in [0.717, 1.165) is 11.1 Å². The molecule has 2 aromatic rings. The van der Waals surface area contributed by atoms with Crippen LogP contribution in [0.1, 0.15) is 11.1 Å². The molecule has 0 amide bonds. The summed E-state index contributed by atoms with van der Waals surface area (Å²) < 4.78 is 0. The first kappa shape index (κ1) is 17.1. The zero-order valence-corrected chi connectivity index (χ0v) is 12.8. The topological polar surface area (TPSA) is 74.6 Å². The van der Waals surface area contributed by atoms with Crippen molar-refractivity contribution in [1.82, 2.24) is 0 Å². The molecule has 0 fully saturated rings. The molecule has 0 spiro atoms. The molecule has 0 atom stereocenters. The van der Waals surface area contributed by atoms with Crippen LogP contribution in [-0.4, -0.2) is 35.0 Å². The lowest BCUT2D eigenvalue weighted by molar-refractivity contribution is -0.146. The van der Waals surface area contributed by atoms with E-state index in [1.807, 2.05) is 12.1 Å². The molecular weight excluding hydrogens is 292 g/mol. The maximum atomic E-state index is 12.6. The molecule has 2 aromatic carbocycles. The van der Waals surface area contributed by atoms with Gasteiger partial charge in [-0.15, -0.1) is 0 Å². The average Bonchev–Trinajstić information content (AvgIpc) is 2.58. The molecule has 0 aliphatic rings. The van der Waals surface area contributed by atoms with Crippen molar-refractivity contribution in [2.45, 2.75) is 12.8 Å². The molecule has 0 heterocycles. The molecule has 0 aliphatic heterocycles. The molecule has 4 heteroatoms. The Bertz CT molecular complexity index is 590. The summed E-state index contributed by atoms with van der Waals surface area (Å²) in [6.45, 7) is -1.39. The van der Waals surface area contributed by atoms with Crippen LogP contribution < -0.4 is 0 Å². The van der Waals surface area contributed by atoms with E-state index in [-0.39, 0.29) is 12.8 Å². The quantitative estimate of drug-likeness (QED) is 0.726. The smallest absolute Gasteiger partial charge is 0.155 e. The van der Waals surface area contributed by atoms with Crippen LogP contribution in [-0.2, 0) is 22.4 Å². The van der Waals surface area contributed by atoms with Gasteiger partial charge in [-0.3, -0.25) is 9.59 Å². The number of benzene rings is 2. The number of Topliss-reactive ketones (excluding diaryl/α,β-unsaturated/α-hetero) is 2. The van der Waals surface area contributed by atoms with Gasteiger partial charge in [0.15, 0.2) is 11.6 Å². The highest BCUT2D eigenvalue weighted by Gasteiger charge is 2.43. The molecule has 0 aliphatic carbocycles. The van der Waals surface area contributed by atoms with E-state index in [4.69, 9.17) is 0 Å². The Morgan fingerprint density at radius 1 is 0.696 bits per heavy atom. The van der Waals surface area contributed by atoms with Gasteiger partial charge in [0.2, 0.25) is 0 Å². The highest BCUT2D eigenvalue weighted by Crippen LogP contribution is 2.24. The third kappa shape index (κ3) is 3.92. The summed E-state index contributed by atoms with van der Waals surface area (Å²) in [5, 5.41) is 19.3. The summed E-state index contributed by atoms with van der Waals surface area (Å²) >= 11 is 0. The van der Waals surface area contributed by atoms with Crippen LogP contribution in [0, 0.1) is 5.41 Å². The Labute approximate surface area is 135 Å². The molecular formula is C19H20O4. The zero-order valence-electron chi connectivity index (χ0n) is 12.8. The summed E-state index contributed by atoms with van der Waals surface area (Å²) in [7, 11) is 0.